The van der Waals surface area contributed by atoms with E-state index in [9.17, 15) is 41.1 Å². The number of aromatic nitrogens is 1. The van der Waals surface area contributed by atoms with Gasteiger partial charge in [0.25, 0.3) is 5.91 Å². The summed E-state index contributed by atoms with van der Waals surface area (Å²) in [6.45, 7) is -1.83. The van der Waals surface area contributed by atoms with E-state index in [-0.39, 0.29) is 16.5 Å². The van der Waals surface area contributed by atoms with Crippen LogP contribution in [0.2, 0.25) is 0 Å². The lowest BCUT2D eigenvalue weighted by Gasteiger charge is -2.31. The number of nitrogens with zero attached hydrogens (tertiary/aromatic N) is 3. The van der Waals surface area contributed by atoms with Crippen LogP contribution in [-0.2, 0) is 38.2 Å². The van der Waals surface area contributed by atoms with Gasteiger partial charge >= 0.3 is 12.2 Å². The number of rotatable bonds is 5. The molecule has 2 aromatic carbocycles. The Morgan fingerprint density at radius 2 is 1.72 bits per heavy atom. The molecule has 0 bridgehead atoms. The van der Waals surface area contributed by atoms with E-state index in [1.807, 2.05) is 6.07 Å². The van der Waals surface area contributed by atoms with Gasteiger partial charge in [0.15, 0.2) is 0 Å². The average molecular weight is 600 g/mol. The van der Waals surface area contributed by atoms with Crippen LogP contribution in [0.3, 0.4) is 0 Å². The predicted molar refractivity (Wildman–Crippen MR) is 141 cm³/mol. The summed E-state index contributed by atoms with van der Waals surface area (Å²) in [7, 11) is 0. The van der Waals surface area contributed by atoms with Crippen molar-refractivity contribution in [3.8, 4) is 0 Å². The largest absolute Gasteiger partial charge is 0.406 e. The van der Waals surface area contributed by atoms with E-state index in [4.69, 9.17) is 0 Å². The van der Waals surface area contributed by atoms with Gasteiger partial charge in [0, 0.05) is 23.5 Å². The summed E-state index contributed by atoms with van der Waals surface area (Å²) in [5.74, 6) is -4.23. The van der Waals surface area contributed by atoms with Crippen LogP contribution in [0, 0.1) is 11.6 Å². The zero-order valence-corrected chi connectivity index (χ0v) is 22.4. The molecule has 0 radical (unpaired) electrons. The van der Waals surface area contributed by atoms with Crippen LogP contribution < -0.4 is 10.6 Å². The van der Waals surface area contributed by atoms with Crippen molar-refractivity contribution < 1.29 is 41.1 Å². The van der Waals surface area contributed by atoms with E-state index in [0.717, 1.165) is 35.7 Å². The number of benzene rings is 2. The minimum absolute atomic E-state index is 0.0930. The van der Waals surface area contributed by atoms with Crippen LogP contribution in [0.4, 0.5) is 38.3 Å². The third-order valence-electron chi connectivity index (χ3n) is 8.19. The lowest BCUT2D eigenvalue weighted by atomic mass is 9.79. The predicted octanol–water partition coefficient (Wildman–Crippen LogP) is 4.03. The number of anilines is 2. The van der Waals surface area contributed by atoms with Crippen LogP contribution in [-0.4, -0.2) is 57.8 Å². The van der Waals surface area contributed by atoms with Crippen molar-refractivity contribution in [2.45, 2.75) is 36.9 Å². The summed E-state index contributed by atoms with van der Waals surface area (Å²) < 4.78 is 67.9. The highest BCUT2D eigenvalue weighted by Gasteiger charge is 2.58. The Bertz CT molecular complexity index is 1710. The van der Waals surface area contributed by atoms with Gasteiger partial charge in [0.2, 0.25) is 11.8 Å². The molecule has 2 atom stereocenters. The Morgan fingerprint density at radius 3 is 2.42 bits per heavy atom. The molecule has 3 heterocycles. The normalized spacial score (nSPS) is 22.7. The lowest BCUT2D eigenvalue weighted by Crippen LogP contribution is -2.47. The number of fused-ring (bicyclic) bond motifs is 3. The fourth-order valence-corrected chi connectivity index (χ4v) is 6.15. The molecule has 3 aliphatic rings. The summed E-state index contributed by atoms with van der Waals surface area (Å²) in [4.78, 5) is 57.1. The van der Waals surface area contributed by atoms with Gasteiger partial charge in [0.05, 0.1) is 5.41 Å². The van der Waals surface area contributed by atoms with Gasteiger partial charge in [-0.05, 0) is 66.8 Å². The molecule has 43 heavy (non-hydrogen) atoms. The topological polar surface area (TPSA) is 112 Å². The van der Waals surface area contributed by atoms with Crippen LogP contribution in [0.1, 0.15) is 29.2 Å². The first-order valence-corrected chi connectivity index (χ1v) is 13.1. The second-order valence-corrected chi connectivity index (χ2v) is 10.9. The Labute approximate surface area is 240 Å². The van der Waals surface area contributed by atoms with E-state index in [1.54, 1.807) is 30.5 Å². The molecule has 3 aromatic rings. The minimum atomic E-state index is -4.97. The van der Waals surface area contributed by atoms with Gasteiger partial charge < -0.3 is 10.6 Å². The van der Waals surface area contributed by atoms with Crippen LogP contribution in [0.25, 0.3) is 0 Å². The number of hydrogen-bond donors (Lipinski definition) is 2. The van der Waals surface area contributed by atoms with E-state index in [1.165, 1.54) is 0 Å². The fraction of sp³-hybridized carbons (Fsp3) is 0.276. The van der Waals surface area contributed by atoms with Gasteiger partial charge in [-0.3, -0.25) is 24.2 Å². The molecule has 1 unspecified atom stereocenters. The second-order valence-electron chi connectivity index (χ2n) is 10.9. The van der Waals surface area contributed by atoms with Crippen molar-refractivity contribution in [3.05, 3.63) is 88.6 Å². The molecule has 1 spiro atoms. The zero-order chi connectivity index (χ0) is 30.9. The fourth-order valence-electron chi connectivity index (χ4n) is 6.15. The number of amides is 5. The number of halogens is 5. The Morgan fingerprint density at radius 1 is 1.02 bits per heavy atom. The summed E-state index contributed by atoms with van der Waals surface area (Å²) in [6, 6.07) is 9.02. The van der Waals surface area contributed by atoms with Crippen molar-refractivity contribution >= 4 is 35.3 Å². The zero-order valence-electron chi connectivity index (χ0n) is 22.4. The molecule has 14 heteroatoms. The highest BCUT2D eigenvalue weighted by Crippen LogP contribution is 2.47. The van der Waals surface area contributed by atoms with Gasteiger partial charge in [-0.2, -0.15) is 13.2 Å². The molecular weight excluding hydrogens is 577 g/mol. The Hall–Kier alpha value is -4.88. The number of urea groups is 1. The van der Waals surface area contributed by atoms with E-state index < -0.39 is 65.3 Å². The number of carbonyl (C=O) groups excluding carboxylic acids is 4. The Balaban J connectivity index is 1.26. The van der Waals surface area contributed by atoms with Gasteiger partial charge in [0.1, 0.15) is 36.1 Å². The first-order valence-electron chi connectivity index (χ1n) is 13.1. The standard InChI is InChI=1S/C29H22F5N5O4/c1-27(17-8-18(30)10-19(31)9-17)25(42)38(14-29(32,33)34)26(43)39(27)13-22(40)36-20-5-4-15-11-28(12-16(15)7-20)21-3-2-6-35-23(21)37-24(28)41/h2-10H,11-14H2,1H3,(H,36,40)(H,35,37,41)/t27?,28-/m1/s1. The first-order chi connectivity index (χ1) is 20.2. The lowest BCUT2D eigenvalue weighted by molar-refractivity contribution is -0.155. The maximum atomic E-state index is 14.1. The third-order valence-corrected chi connectivity index (χ3v) is 8.19. The van der Waals surface area contributed by atoms with Crippen molar-refractivity contribution in [2.75, 3.05) is 23.7 Å². The summed E-state index contributed by atoms with van der Waals surface area (Å²) in [5, 5.41) is 5.37. The molecule has 1 aliphatic carbocycles. The molecular formula is C29H22F5N5O4. The SMILES string of the molecule is CC1(c2cc(F)cc(F)c2)C(=O)N(CC(F)(F)F)C(=O)N1CC(=O)Nc1ccc2c(c1)C[C@@]1(C2)C(=O)Nc2ncccc21. The van der Waals surface area contributed by atoms with Gasteiger partial charge in [-0.15, -0.1) is 0 Å². The number of hydrogen-bond acceptors (Lipinski definition) is 5. The van der Waals surface area contributed by atoms with Gasteiger partial charge in [-0.1, -0.05) is 12.1 Å². The molecule has 2 aliphatic heterocycles. The highest BCUT2D eigenvalue weighted by atomic mass is 19.4. The van der Waals surface area contributed by atoms with E-state index in [2.05, 4.69) is 15.6 Å². The number of imide groups is 1. The molecule has 222 valence electrons. The van der Waals surface area contributed by atoms with Crippen LogP contribution in [0.15, 0.2) is 54.7 Å². The Kier molecular flexibility index (Phi) is 6.29. The maximum Gasteiger partial charge on any atom is 0.406 e. The molecule has 1 fully saturated rings. The molecule has 2 N–H and O–H groups in total. The minimum Gasteiger partial charge on any atom is -0.325 e. The molecule has 0 saturated carbocycles. The molecule has 6 rings (SSSR count). The number of alkyl halides is 3. The number of nitrogens with one attached hydrogen (secondary N) is 2. The monoisotopic (exact) mass is 599 g/mol. The summed E-state index contributed by atoms with van der Waals surface area (Å²) in [5.41, 5.74) is -0.939. The van der Waals surface area contributed by atoms with Crippen molar-refractivity contribution in [2.24, 2.45) is 0 Å². The average Bonchev–Trinajstić information content (AvgIpc) is 3.49. The van der Waals surface area contributed by atoms with Crippen LogP contribution in [0.5, 0.6) is 0 Å². The first kappa shape index (κ1) is 28.2. The summed E-state index contributed by atoms with van der Waals surface area (Å²) >= 11 is 0. The number of carbonyl (C=O) groups is 4. The summed E-state index contributed by atoms with van der Waals surface area (Å²) in [6.07, 6.45) is -2.66. The smallest absolute Gasteiger partial charge is 0.325 e. The van der Waals surface area contributed by atoms with Crippen LogP contribution >= 0.6 is 0 Å². The van der Waals surface area contributed by atoms with Crippen molar-refractivity contribution in [1.82, 2.24) is 14.8 Å². The molecule has 9 nitrogen and oxygen atoms in total. The number of pyridine rings is 1. The van der Waals surface area contributed by atoms with Crippen molar-refractivity contribution in [3.63, 3.8) is 0 Å². The second kappa shape index (κ2) is 9.57. The third kappa shape index (κ3) is 4.57. The van der Waals surface area contributed by atoms with Crippen molar-refractivity contribution in [1.29, 1.82) is 0 Å². The molecule has 5 amide bonds. The molecule has 1 aromatic heterocycles. The quantitative estimate of drug-likeness (QED) is 0.340. The van der Waals surface area contributed by atoms with E-state index >= 15 is 0 Å². The highest BCUT2D eigenvalue weighted by molar-refractivity contribution is 6.09. The van der Waals surface area contributed by atoms with E-state index in [0.29, 0.717) is 29.6 Å². The molecule has 1 saturated heterocycles. The maximum absolute atomic E-state index is 14.1. The van der Waals surface area contributed by atoms with Gasteiger partial charge in [-0.25, -0.2) is 18.6 Å².